The average molecular weight is 415 g/mol. The Kier molecular flexibility index (Phi) is 5.77. The van der Waals surface area contributed by atoms with E-state index in [2.05, 4.69) is 54.7 Å². The van der Waals surface area contributed by atoms with Crippen molar-refractivity contribution in [3.05, 3.63) is 58.7 Å². The number of hydrogen-bond acceptors (Lipinski definition) is 3. The molecule has 2 N–H and O–H groups in total. The Bertz CT molecular complexity index is 1010. The zero-order valence-corrected chi connectivity index (χ0v) is 17.9. The van der Waals surface area contributed by atoms with Crippen LogP contribution in [0.4, 0.5) is 10.5 Å². The molecule has 0 spiro atoms. The highest BCUT2D eigenvalue weighted by Gasteiger charge is 2.19. The Hall–Kier alpha value is -2.37. The van der Waals surface area contributed by atoms with Gasteiger partial charge in [-0.15, -0.1) is 0 Å². The molecule has 146 valence electrons. The lowest BCUT2D eigenvalue weighted by atomic mass is 9.82. The summed E-state index contributed by atoms with van der Waals surface area (Å²) in [6.45, 7) is 8.45. The second-order valence-electron chi connectivity index (χ2n) is 7.41. The number of aromatic nitrogens is 1. The topological polar surface area (TPSA) is 62.2 Å². The summed E-state index contributed by atoms with van der Waals surface area (Å²) < 4.78 is 4.27. The molecule has 1 heterocycles. The lowest BCUT2D eigenvalue weighted by molar-refractivity contribution is 0.209. The van der Waals surface area contributed by atoms with Gasteiger partial charge in [0.2, 0.25) is 0 Å². The molecular formula is C22H23ClN2O2S. The molecule has 1 amide bonds. The number of rotatable bonds is 5. The molecule has 0 radical (unpaired) electrons. The second kappa shape index (κ2) is 7.94. The van der Waals surface area contributed by atoms with Crippen LogP contribution >= 0.6 is 23.1 Å². The van der Waals surface area contributed by atoms with Crippen molar-refractivity contribution in [3.63, 3.8) is 0 Å². The molecule has 6 heteroatoms. The molecule has 3 aromatic rings. The second-order valence-corrected chi connectivity index (χ2v) is 8.59. The van der Waals surface area contributed by atoms with E-state index in [0.29, 0.717) is 16.4 Å². The molecule has 0 saturated carbocycles. The monoisotopic (exact) mass is 414 g/mol. The van der Waals surface area contributed by atoms with Crippen molar-refractivity contribution in [2.45, 2.75) is 39.5 Å². The Morgan fingerprint density at radius 2 is 1.82 bits per heavy atom. The highest BCUT2D eigenvalue weighted by Crippen LogP contribution is 2.39. The first kappa shape index (κ1) is 20.4. The molecule has 0 saturated heterocycles. The normalized spacial score (nSPS) is 11.5. The van der Waals surface area contributed by atoms with Crippen LogP contribution < -0.4 is 5.32 Å². The fraction of sp³-hybridized carbons (Fsp3) is 0.273. The molecule has 0 atom stereocenters. The summed E-state index contributed by atoms with van der Waals surface area (Å²) >= 11 is 7.84. The Labute approximate surface area is 174 Å². The van der Waals surface area contributed by atoms with Gasteiger partial charge >= 0.3 is 6.09 Å². The number of halogens is 1. The van der Waals surface area contributed by atoms with E-state index in [0.717, 1.165) is 28.0 Å². The van der Waals surface area contributed by atoms with Crippen LogP contribution in [0.2, 0.25) is 5.02 Å². The molecule has 0 aliphatic carbocycles. The number of nitrogens with zero attached hydrogens (tertiary/aromatic N) is 1. The van der Waals surface area contributed by atoms with Gasteiger partial charge in [0.25, 0.3) is 0 Å². The van der Waals surface area contributed by atoms with Crippen LogP contribution in [0.15, 0.2) is 42.5 Å². The predicted molar refractivity (Wildman–Crippen MR) is 118 cm³/mol. The van der Waals surface area contributed by atoms with E-state index in [1.165, 1.54) is 17.1 Å². The van der Waals surface area contributed by atoms with E-state index < -0.39 is 6.09 Å². The lowest BCUT2D eigenvalue weighted by Gasteiger charge is -2.23. The van der Waals surface area contributed by atoms with Crippen molar-refractivity contribution in [2.24, 2.45) is 0 Å². The van der Waals surface area contributed by atoms with Gasteiger partial charge in [0.05, 0.1) is 16.3 Å². The number of carbonyl (C=O) groups is 1. The molecule has 4 nitrogen and oxygen atoms in total. The zero-order chi connectivity index (χ0) is 20.5. The SMILES string of the molecule is CCC(C)(C)c1ccc(-c2ccc(-c3snc(C)c3NC(=O)O)cc2Cl)cc1. The van der Waals surface area contributed by atoms with E-state index >= 15 is 0 Å². The van der Waals surface area contributed by atoms with Crippen molar-refractivity contribution < 1.29 is 9.90 Å². The van der Waals surface area contributed by atoms with Gasteiger partial charge in [-0.3, -0.25) is 5.32 Å². The largest absolute Gasteiger partial charge is 0.465 e. The summed E-state index contributed by atoms with van der Waals surface area (Å²) in [5.41, 5.74) is 5.44. The maximum atomic E-state index is 11.1. The number of aryl methyl sites for hydroxylation is 1. The lowest BCUT2D eigenvalue weighted by Crippen LogP contribution is -2.14. The van der Waals surface area contributed by atoms with E-state index in [-0.39, 0.29) is 5.41 Å². The van der Waals surface area contributed by atoms with Gasteiger partial charge in [-0.2, -0.15) is 4.37 Å². The Balaban J connectivity index is 1.95. The fourth-order valence-corrected chi connectivity index (χ4v) is 4.15. The standard InChI is InChI=1S/C22H23ClN2O2S/c1-5-22(3,4)16-9-6-14(7-10-16)17-11-8-15(12-18(17)23)20-19(24-21(26)27)13(2)25-28-20/h6-12,24H,5H2,1-4H3,(H,26,27). The molecular weight excluding hydrogens is 392 g/mol. The van der Waals surface area contributed by atoms with Gasteiger partial charge in [-0.1, -0.05) is 68.8 Å². The van der Waals surface area contributed by atoms with Gasteiger partial charge in [-0.25, -0.2) is 4.79 Å². The fourth-order valence-electron chi connectivity index (χ4n) is 3.02. The van der Waals surface area contributed by atoms with Crippen LogP contribution in [0.5, 0.6) is 0 Å². The zero-order valence-electron chi connectivity index (χ0n) is 16.3. The van der Waals surface area contributed by atoms with Crippen LogP contribution in [-0.2, 0) is 5.41 Å². The third-order valence-electron chi connectivity index (χ3n) is 5.19. The highest BCUT2D eigenvalue weighted by atomic mass is 35.5. The summed E-state index contributed by atoms with van der Waals surface area (Å²) in [5.74, 6) is 0. The van der Waals surface area contributed by atoms with Gasteiger partial charge in [-0.05, 0) is 53.0 Å². The Morgan fingerprint density at radius 3 is 2.39 bits per heavy atom. The molecule has 1 aromatic heterocycles. The van der Waals surface area contributed by atoms with Crippen molar-refractivity contribution >= 4 is 34.9 Å². The Morgan fingerprint density at radius 1 is 1.18 bits per heavy atom. The van der Waals surface area contributed by atoms with E-state index in [9.17, 15) is 4.79 Å². The minimum atomic E-state index is -1.11. The minimum absolute atomic E-state index is 0.143. The molecule has 0 aliphatic heterocycles. The van der Waals surface area contributed by atoms with Crippen molar-refractivity contribution in [2.75, 3.05) is 5.32 Å². The van der Waals surface area contributed by atoms with Crippen molar-refractivity contribution in [1.29, 1.82) is 0 Å². The quantitative estimate of drug-likeness (QED) is 0.463. The number of anilines is 1. The number of carboxylic acid groups (broad SMARTS) is 1. The van der Waals surface area contributed by atoms with Gasteiger partial charge in [0, 0.05) is 10.6 Å². The molecule has 3 rings (SSSR count). The van der Waals surface area contributed by atoms with E-state index in [4.69, 9.17) is 16.7 Å². The molecule has 0 unspecified atom stereocenters. The summed E-state index contributed by atoms with van der Waals surface area (Å²) in [5, 5.41) is 12.1. The summed E-state index contributed by atoms with van der Waals surface area (Å²) in [6, 6.07) is 14.3. The average Bonchev–Trinajstić information content (AvgIpc) is 3.01. The van der Waals surface area contributed by atoms with E-state index in [1.54, 1.807) is 6.92 Å². The van der Waals surface area contributed by atoms with Gasteiger partial charge in [0.15, 0.2) is 0 Å². The first-order valence-corrected chi connectivity index (χ1v) is 10.2. The van der Waals surface area contributed by atoms with Crippen molar-refractivity contribution in [3.8, 4) is 21.6 Å². The molecule has 0 aliphatic rings. The third kappa shape index (κ3) is 4.05. The maximum Gasteiger partial charge on any atom is 0.409 e. The molecule has 0 bridgehead atoms. The van der Waals surface area contributed by atoms with Crippen molar-refractivity contribution in [1.82, 2.24) is 4.37 Å². The summed E-state index contributed by atoms with van der Waals surface area (Å²) in [4.78, 5) is 11.8. The van der Waals surface area contributed by atoms with Crippen LogP contribution in [0.3, 0.4) is 0 Å². The highest BCUT2D eigenvalue weighted by molar-refractivity contribution is 7.10. The number of hydrogen-bond donors (Lipinski definition) is 2. The van der Waals surface area contributed by atoms with Gasteiger partial charge in [0.1, 0.15) is 0 Å². The van der Waals surface area contributed by atoms with Gasteiger partial charge < -0.3 is 5.11 Å². The third-order valence-corrected chi connectivity index (χ3v) is 6.49. The molecule has 28 heavy (non-hydrogen) atoms. The minimum Gasteiger partial charge on any atom is -0.465 e. The smallest absolute Gasteiger partial charge is 0.409 e. The van der Waals surface area contributed by atoms with Crippen LogP contribution in [0.1, 0.15) is 38.4 Å². The summed E-state index contributed by atoms with van der Waals surface area (Å²) in [7, 11) is 0. The van der Waals surface area contributed by atoms with E-state index in [1.807, 2.05) is 18.2 Å². The number of nitrogens with one attached hydrogen (secondary N) is 1. The van der Waals surface area contributed by atoms with Crippen LogP contribution in [-0.4, -0.2) is 15.6 Å². The number of benzene rings is 2. The summed E-state index contributed by atoms with van der Waals surface area (Å²) in [6.07, 6.45) is -0.0367. The predicted octanol–water partition coefficient (Wildman–Crippen LogP) is 7.22. The van der Waals surface area contributed by atoms with Crippen LogP contribution in [0, 0.1) is 6.92 Å². The first-order chi connectivity index (χ1) is 13.2. The molecule has 2 aromatic carbocycles. The number of amides is 1. The van der Waals surface area contributed by atoms with Crippen LogP contribution in [0.25, 0.3) is 21.6 Å². The first-order valence-electron chi connectivity index (χ1n) is 9.10. The maximum absolute atomic E-state index is 11.1. The molecule has 0 fully saturated rings.